The van der Waals surface area contributed by atoms with Gasteiger partial charge >= 0.3 is 0 Å². The third kappa shape index (κ3) is 3.59. The fourth-order valence-corrected chi connectivity index (χ4v) is 2.00. The third-order valence-electron chi connectivity index (χ3n) is 3.20. The topological polar surface area (TPSA) is 79.9 Å². The lowest BCUT2D eigenvalue weighted by Crippen LogP contribution is -2.32. The van der Waals surface area contributed by atoms with Crippen LogP contribution in [0.4, 0.5) is 0 Å². The summed E-state index contributed by atoms with van der Waals surface area (Å²) in [7, 11) is 1.59. The molecule has 0 spiro atoms. The van der Waals surface area contributed by atoms with E-state index in [1.165, 1.54) is 0 Å². The molecule has 0 bridgehead atoms. The third-order valence-corrected chi connectivity index (χ3v) is 3.20. The molecule has 112 valence electrons. The number of H-pyrrole nitrogens is 1. The number of benzene rings is 1. The van der Waals surface area contributed by atoms with Gasteiger partial charge in [-0.2, -0.15) is 5.10 Å². The van der Waals surface area contributed by atoms with Crippen molar-refractivity contribution in [3.63, 3.8) is 0 Å². The summed E-state index contributed by atoms with van der Waals surface area (Å²) >= 11 is 0. The second-order valence-electron chi connectivity index (χ2n) is 5.20. The van der Waals surface area contributed by atoms with Crippen LogP contribution in [0.25, 0.3) is 0 Å². The molecule has 0 aliphatic carbocycles. The van der Waals surface area contributed by atoms with E-state index in [-0.39, 0.29) is 17.9 Å². The van der Waals surface area contributed by atoms with Gasteiger partial charge in [0.05, 0.1) is 13.2 Å². The van der Waals surface area contributed by atoms with E-state index in [1.54, 1.807) is 31.4 Å². The fourth-order valence-electron chi connectivity index (χ4n) is 2.00. The number of hydrogen-bond donors (Lipinski definition) is 2. The monoisotopic (exact) mass is 288 g/mol. The van der Waals surface area contributed by atoms with Crippen molar-refractivity contribution in [2.75, 3.05) is 7.11 Å². The number of methoxy groups -OCH3 is 1. The second kappa shape index (κ2) is 6.39. The van der Waals surface area contributed by atoms with Crippen LogP contribution in [0, 0.1) is 12.8 Å². The summed E-state index contributed by atoms with van der Waals surface area (Å²) in [6.07, 6.45) is 0. The maximum absolute atomic E-state index is 12.3. The van der Waals surface area contributed by atoms with Gasteiger partial charge in [-0.1, -0.05) is 13.8 Å². The smallest absolute Gasteiger partial charge is 0.251 e. The zero-order chi connectivity index (χ0) is 15.4. The summed E-state index contributed by atoms with van der Waals surface area (Å²) in [6.45, 7) is 5.87. The highest BCUT2D eigenvalue weighted by molar-refractivity contribution is 5.94. The van der Waals surface area contributed by atoms with Crippen LogP contribution in [0.3, 0.4) is 0 Å². The number of ether oxygens (including phenoxy) is 1. The van der Waals surface area contributed by atoms with E-state index >= 15 is 0 Å². The van der Waals surface area contributed by atoms with E-state index in [2.05, 4.69) is 20.5 Å². The van der Waals surface area contributed by atoms with Crippen molar-refractivity contribution in [1.82, 2.24) is 20.5 Å². The van der Waals surface area contributed by atoms with Crippen LogP contribution < -0.4 is 10.1 Å². The number of nitrogens with one attached hydrogen (secondary N) is 2. The molecule has 0 aliphatic heterocycles. The van der Waals surface area contributed by atoms with Crippen molar-refractivity contribution in [3.8, 4) is 5.75 Å². The SMILES string of the molecule is COc1ccc(C(=O)N[C@@H](c2n[nH]c(C)n2)C(C)C)cc1. The lowest BCUT2D eigenvalue weighted by molar-refractivity contribution is 0.0923. The Morgan fingerprint density at radius 3 is 2.43 bits per heavy atom. The van der Waals surface area contributed by atoms with Crippen LogP contribution >= 0.6 is 0 Å². The average molecular weight is 288 g/mol. The number of carbonyl (C=O) groups is 1. The molecule has 2 rings (SSSR count). The predicted molar refractivity (Wildman–Crippen MR) is 79.2 cm³/mol. The number of rotatable bonds is 5. The van der Waals surface area contributed by atoms with Gasteiger partial charge in [0.1, 0.15) is 11.6 Å². The molecule has 21 heavy (non-hydrogen) atoms. The summed E-state index contributed by atoms with van der Waals surface area (Å²) in [5, 5.41) is 9.92. The van der Waals surface area contributed by atoms with E-state index in [9.17, 15) is 4.79 Å². The Morgan fingerprint density at radius 2 is 1.95 bits per heavy atom. The average Bonchev–Trinajstić information content (AvgIpc) is 2.90. The maximum Gasteiger partial charge on any atom is 0.251 e. The van der Waals surface area contributed by atoms with Gasteiger partial charge < -0.3 is 10.1 Å². The summed E-state index contributed by atoms with van der Waals surface area (Å²) in [5.74, 6) is 2.08. The minimum Gasteiger partial charge on any atom is -0.497 e. The first kappa shape index (κ1) is 15.0. The van der Waals surface area contributed by atoms with Gasteiger partial charge in [-0.25, -0.2) is 4.98 Å². The Balaban J connectivity index is 2.14. The first-order valence-electron chi connectivity index (χ1n) is 6.85. The lowest BCUT2D eigenvalue weighted by atomic mass is 10.0. The van der Waals surface area contributed by atoms with E-state index in [0.717, 1.165) is 11.6 Å². The summed E-state index contributed by atoms with van der Waals surface area (Å²) < 4.78 is 5.08. The Labute approximate surface area is 123 Å². The zero-order valence-corrected chi connectivity index (χ0v) is 12.7. The van der Waals surface area contributed by atoms with Gasteiger partial charge in [0.25, 0.3) is 5.91 Å². The van der Waals surface area contributed by atoms with Crippen LogP contribution in [0.15, 0.2) is 24.3 Å². The molecule has 0 aliphatic rings. The number of nitrogens with zero attached hydrogens (tertiary/aromatic N) is 2. The largest absolute Gasteiger partial charge is 0.497 e. The summed E-state index contributed by atoms with van der Waals surface area (Å²) in [4.78, 5) is 16.6. The molecular formula is C15H20N4O2. The number of hydrogen-bond acceptors (Lipinski definition) is 4. The number of amides is 1. The molecule has 6 nitrogen and oxygen atoms in total. The van der Waals surface area contributed by atoms with Crippen LogP contribution in [0.5, 0.6) is 5.75 Å². The van der Waals surface area contributed by atoms with Gasteiger partial charge in [0, 0.05) is 5.56 Å². The number of carbonyl (C=O) groups excluding carboxylic acids is 1. The van der Waals surface area contributed by atoms with Crippen LogP contribution in [-0.2, 0) is 0 Å². The van der Waals surface area contributed by atoms with Crippen LogP contribution in [0.2, 0.25) is 0 Å². The molecule has 2 aromatic rings. The Morgan fingerprint density at radius 1 is 1.29 bits per heavy atom. The standard InChI is InChI=1S/C15H20N4O2/c1-9(2)13(14-16-10(3)18-19-14)17-15(20)11-5-7-12(21-4)8-6-11/h5-9,13H,1-4H3,(H,17,20)(H,16,18,19)/t13-/m1/s1. The number of aromatic amines is 1. The predicted octanol–water partition coefficient (Wildman–Crippen LogP) is 2.25. The van der Waals surface area contributed by atoms with Crippen molar-refractivity contribution in [1.29, 1.82) is 0 Å². The van der Waals surface area contributed by atoms with Crippen molar-refractivity contribution in [2.45, 2.75) is 26.8 Å². The second-order valence-corrected chi connectivity index (χ2v) is 5.20. The zero-order valence-electron chi connectivity index (χ0n) is 12.7. The van der Waals surface area contributed by atoms with Crippen molar-refractivity contribution in [3.05, 3.63) is 41.5 Å². The first-order valence-corrected chi connectivity index (χ1v) is 6.85. The molecule has 0 radical (unpaired) electrons. The summed E-state index contributed by atoms with van der Waals surface area (Å²) in [6, 6.07) is 6.75. The van der Waals surface area contributed by atoms with Gasteiger partial charge in [-0.15, -0.1) is 0 Å². The Kier molecular flexibility index (Phi) is 4.57. The molecule has 0 unspecified atom stereocenters. The maximum atomic E-state index is 12.3. The Bertz CT molecular complexity index is 604. The minimum atomic E-state index is -0.232. The molecule has 1 amide bonds. The van der Waals surface area contributed by atoms with Gasteiger partial charge in [0.2, 0.25) is 0 Å². The van der Waals surface area contributed by atoms with Crippen molar-refractivity contribution in [2.24, 2.45) is 5.92 Å². The normalized spacial score (nSPS) is 12.2. The molecule has 1 heterocycles. The van der Waals surface area contributed by atoms with E-state index in [1.807, 2.05) is 20.8 Å². The summed E-state index contributed by atoms with van der Waals surface area (Å²) in [5.41, 5.74) is 0.578. The lowest BCUT2D eigenvalue weighted by Gasteiger charge is -2.19. The molecule has 1 aromatic carbocycles. The van der Waals surface area contributed by atoms with Crippen LogP contribution in [-0.4, -0.2) is 28.2 Å². The first-order chi connectivity index (χ1) is 10.0. The van der Waals surface area contributed by atoms with Gasteiger partial charge in [-0.05, 0) is 37.1 Å². The van der Waals surface area contributed by atoms with Gasteiger partial charge in [0.15, 0.2) is 5.82 Å². The molecule has 2 N–H and O–H groups in total. The molecule has 0 saturated carbocycles. The Hall–Kier alpha value is -2.37. The molecule has 0 fully saturated rings. The van der Waals surface area contributed by atoms with Crippen molar-refractivity contribution < 1.29 is 9.53 Å². The highest BCUT2D eigenvalue weighted by Crippen LogP contribution is 2.19. The van der Waals surface area contributed by atoms with E-state index in [0.29, 0.717) is 11.4 Å². The molecular weight excluding hydrogens is 268 g/mol. The number of aryl methyl sites for hydroxylation is 1. The van der Waals surface area contributed by atoms with Crippen LogP contribution in [0.1, 0.15) is 41.9 Å². The van der Waals surface area contributed by atoms with Gasteiger partial charge in [-0.3, -0.25) is 9.89 Å². The minimum absolute atomic E-state index is 0.154. The molecule has 6 heteroatoms. The molecule has 1 aromatic heterocycles. The van der Waals surface area contributed by atoms with E-state index in [4.69, 9.17) is 4.74 Å². The molecule has 0 saturated heterocycles. The van der Waals surface area contributed by atoms with Crippen molar-refractivity contribution >= 4 is 5.91 Å². The van der Waals surface area contributed by atoms with E-state index < -0.39 is 0 Å². The highest BCUT2D eigenvalue weighted by Gasteiger charge is 2.22. The quantitative estimate of drug-likeness (QED) is 0.884. The molecule has 1 atom stereocenters. The number of aromatic nitrogens is 3. The highest BCUT2D eigenvalue weighted by atomic mass is 16.5. The fraction of sp³-hybridized carbons (Fsp3) is 0.400.